The molecule has 1 aromatic heterocycles. The van der Waals surface area contributed by atoms with Crippen LogP contribution in [0.1, 0.15) is 16.1 Å². The number of nitrogens with one attached hydrogen (secondary N) is 1. The van der Waals surface area contributed by atoms with E-state index in [4.69, 9.17) is 9.84 Å². The van der Waals surface area contributed by atoms with E-state index in [0.717, 1.165) is 5.56 Å². The van der Waals surface area contributed by atoms with Crippen molar-refractivity contribution in [3.05, 3.63) is 29.6 Å². The molecule has 1 rings (SSSR count). The Hall–Kier alpha value is -1.46. The Morgan fingerprint density at radius 1 is 1.56 bits per heavy atom. The minimum atomic E-state index is -0.203. The molecule has 0 aliphatic carbocycles. The summed E-state index contributed by atoms with van der Waals surface area (Å²) in [7, 11) is 0. The number of aliphatic hydroxyl groups excluding tert-OH is 1. The normalized spacial score (nSPS) is 10.1. The Labute approximate surface area is 94.5 Å². The number of hydrogen-bond acceptors (Lipinski definition) is 4. The maximum Gasteiger partial charge on any atom is 0.270 e. The first-order chi connectivity index (χ1) is 7.75. The van der Waals surface area contributed by atoms with E-state index >= 15 is 0 Å². The summed E-state index contributed by atoms with van der Waals surface area (Å²) in [6.07, 6.45) is 1.59. The zero-order chi connectivity index (χ0) is 11.8. The smallest absolute Gasteiger partial charge is 0.270 e. The standard InChI is InChI=1S/C11H16N2O3/c1-9-3-2-4-12-10(9)11(15)13-5-7-16-8-6-14/h2-4,14H,5-8H2,1H3,(H,13,15). The molecule has 0 unspecified atom stereocenters. The summed E-state index contributed by atoms with van der Waals surface area (Å²) in [4.78, 5) is 15.6. The molecule has 2 N–H and O–H groups in total. The summed E-state index contributed by atoms with van der Waals surface area (Å²) < 4.78 is 5.01. The number of hydrogen-bond donors (Lipinski definition) is 2. The molecule has 1 heterocycles. The number of rotatable bonds is 6. The van der Waals surface area contributed by atoms with Gasteiger partial charge in [-0.1, -0.05) is 6.07 Å². The number of aryl methyl sites for hydroxylation is 1. The zero-order valence-electron chi connectivity index (χ0n) is 9.27. The fourth-order valence-electron chi connectivity index (χ4n) is 1.21. The van der Waals surface area contributed by atoms with Crippen molar-refractivity contribution in [3.63, 3.8) is 0 Å². The van der Waals surface area contributed by atoms with E-state index in [1.165, 1.54) is 0 Å². The van der Waals surface area contributed by atoms with Crippen molar-refractivity contribution < 1.29 is 14.6 Å². The molecule has 5 nitrogen and oxygen atoms in total. The third-order valence-corrected chi connectivity index (χ3v) is 1.99. The van der Waals surface area contributed by atoms with E-state index in [0.29, 0.717) is 25.5 Å². The van der Waals surface area contributed by atoms with Crippen molar-refractivity contribution in [2.45, 2.75) is 6.92 Å². The van der Waals surface area contributed by atoms with Gasteiger partial charge in [-0.3, -0.25) is 9.78 Å². The topological polar surface area (TPSA) is 71.5 Å². The third-order valence-electron chi connectivity index (χ3n) is 1.99. The number of carbonyl (C=O) groups is 1. The Balaban J connectivity index is 2.33. The fraction of sp³-hybridized carbons (Fsp3) is 0.455. The molecule has 0 bridgehead atoms. The highest BCUT2D eigenvalue weighted by Gasteiger charge is 2.08. The van der Waals surface area contributed by atoms with Crippen molar-refractivity contribution in [2.75, 3.05) is 26.4 Å². The lowest BCUT2D eigenvalue weighted by molar-refractivity contribution is 0.0835. The van der Waals surface area contributed by atoms with Gasteiger partial charge >= 0.3 is 0 Å². The van der Waals surface area contributed by atoms with Crippen LogP contribution in [-0.2, 0) is 4.74 Å². The maximum absolute atomic E-state index is 11.6. The van der Waals surface area contributed by atoms with Crippen LogP contribution in [0.25, 0.3) is 0 Å². The zero-order valence-corrected chi connectivity index (χ0v) is 9.27. The van der Waals surface area contributed by atoms with Crippen LogP contribution < -0.4 is 5.32 Å². The van der Waals surface area contributed by atoms with Gasteiger partial charge in [-0.05, 0) is 18.6 Å². The van der Waals surface area contributed by atoms with E-state index in [9.17, 15) is 4.79 Å². The molecule has 0 aromatic carbocycles. The molecule has 0 aliphatic rings. The van der Waals surface area contributed by atoms with Crippen LogP contribution in [0.3, 0.4) is 0 Å². The summed E-state index contributed by atoms with van der Waals surface area (Å²) in [5.74, 6) is -0.203. The van der Waals surface area contributed by atoms with E-state index in [2.05, 4.69) is 10.3 Å². The lowest BCUT2D eigenvalue weighted by Gasteiger charge is -2.06. The largest absolute Gasteiger partial charge is 0.394 e. The molecule has 16 heavy (non-hydrogen) atoms. The molecule has 0 atom stereocenters. The summed E-state index contributed by atoms with van der Waals surface area (Å²) in [6.45, 7) is 2.92. The van der Waals surface area contributed by atoms with Crippen LogP contribution in [0.15, 0.2) is 18.3 Å². The summed E-state index contributed by atoms with van der Waals surface area (Å²) in [5, 5.41) is 11.2. The van der Waals surface area contributed by atoms with Crippen LogP contribution in [0.5, 0.6) is 0 Å². The summed E-state index contributed by atoms with van der Waals surface area (Å²) >= 11 is 0. The second-order valence-electron chi connectivity index (χ2n) is 3.26. The molecule has 0 spiro atoms. The Morgan fingerprint density at radius 2 is 2.38 bits per heavy atom. The molecule has 0 aliphatic heterocycles. The molecule has 0 saturated heterocycles. The quantitative estimate of drug-likeness (QED) is 0.674. The van der Waals surface area contributed by atoms with Crippen LogP contribution in [0.2, 0.25) is 0 Å². The Morgan fingerprint density at radius 3 is 3.06 bits per heavy atom. The van der Waals surface area contributed by atoms with Gasteiger partial charge in [0.05, 0.1) is 19.8 Å². The van der Waals surface area contributed by atoms with Gasteiger partial charge in [0.1, 0.15) is 5.69 Å². The second-order valence-corrected chi connectivity index (χ2v) is 3.26. The molecule has 88 valence electrons. The average molecular weight is 224 g/mol. The minimum Gasteiger partial charge on any atom is -0.394 e. The minimum absolute atomic E-state index is 0.00665. The number of aliphatic hydroxyl groups is 1. The predicted molar refractivity (Wildman–Crippen MR) is 59.2 cm³/mol. The van der Waals surface area contributed by atoms with Gasteiger partial charge in [-0.25, -0.2) is 0 Å². The third kappa shape index (κ3) is 3.96. The average Bonchev–Trinajstić information content (AvgIpc) is 2.29. The van der Waals surface area contributed by atoms with Crippen molar-refractivity contribution >= 4 is 5.91 Å². The van der Waals surface area contributed by atoms with Crippen molar-refractivity contribution in [1.82, 2.24) is 10.3 Å². The van der Waals surface area contributed by atoms with Crippen molar-refractivity contribution in [1.29, 1.82) is 0 Å². The van der Waals surface area contributed by atoms with Gasteiger partial charge < -0.3 is 15.2 Å². The number of nitrogens with zero attached hydrogens (tertiary/aromatic N) is 1. The first-order valence-corrected chi connectivity index (χ1v) is 5.14. The number of amides is 1. The molecular weight excluding hydrogens is 208 g/mol. The van der Waals surface area contributed by atoms with E-state index in [1.807, 2.05) is 13.0 Å². The number of ether oxygens (including phenoxy) is 1. The van der Waals surface area contributed by atoms with E-state index in [-0.39, 0.29) is 12.5 Å². The number of aromatic nitrogens is 1. The van der Waals surface area contributed by atoms with Gasteiger partial charge in [0.25, 0.3) is 5.91 Å². The van der Waals surface area contributed by atoms with Gasteiger partial charge in [-0.15, -0.1) is 0 Å². The molecular formula is C11H16N2O3. The molecule has 1 amide bonds. The second kappa shape index (κ2) is 6.92. The molecule has 5 heteroatoms. The Kier molecular flexibility index (Phi) is 5.45. The van der Waals surface area contributed by atoms with Crippen LogP contribution in [0, 0.1) is 6.92 Å². The molecule has 0 saturated carbocycles. The van der Waals surface area contributed by atoms with E-state index < -0.39 is 0 Å². The first kappa shape index (κ1) is 12.6. The predicted octanol–water partition coefficient (Wildman–Crippen LogP) is 0.129. The highest BCUT2D eigenvalue weighted by molar-refractivity contribution is 5.93. The van der Waals surface area contributed by atoms with E-state index in [1.54, 1.807) is 12.3 Å². The van der Waals surface area contributed by atoms with Crippen LogP contribution in [-0.4, -0.2) is 42.4 Å². The maximum atomic E-state index is 11.6. The highest BCUT2D eigenvalue weighted by Crippen LogP contribution is 2.01. The molecule has 1 aromatic rings. The number of pyridine rings is 1. The van der Waals surface area contributed by atoms with Gasteiger partial charge in [0, 0.05) is 12.7 Å². The molecule has 0 radical (unpaired) electrons. The lowest BCUT2D eigenvalue weighted by Crippen LogP contribution is -2.28. The van der Waals surface area contributed by atoms with Gasteiger partial charge in [-0.2, -0.15) is 0 Å². The van der Waals surface area contributed by atoms with Crippen molar-refractivity contribution in [2.24, 2.45) is 0 Å². The Bertz CT molecular complexity index is 342. The number of carbonyl (C=O) groups excluding carboxylic acids is 1. The van der Waals surface area contributed by atoms with Crippen LogP contribution in [0.4, 0.5) is 0 Å². The summed E-state index contributed by atoms with van der Waals surface area (Å²) in [6, 6.07) is 3.63. The highest BCUT2D eigenvalue weighted by atomic mass is 16.5. The SMILES string of the molecule is Cc1cccnc1C(=O)NCCOCCO. The first-order valence-electron chi connectivity index (χ1n) is 5.14. The lowest BCUT2D eigenvalue weighted by atomic mass is 10.2. The van der Waals surface area contributed by atoms with Gasteiger partial charge in [0.15, 0.2) is 0 Å². The summed E-state index contributed by atoms with van der Waals surface area (Å²) in [5.41, 5.74) is 1.28. The van der Waals surface area contributed by atoms with Gasteiger partial charge in [0.2, 0.25) is 0 Å². The van der Waals surface area contributed by atoms with Crippen molar-refractivity contribution in [3.8, 4) is 0 Å². The fourth-order valence-corrected chi connectivity index (χ4v) is 1.21. The monoisotopic (exact) mass is 224 g/mol. The van der Waals surface area contributed by atoms with Crippen LogP contribution >= 0.6 is 0 Å². The molecule has 0 fully saturated rings.